The third-order valence-electron chi connectivity index (χ3n) is 4.61. The van der Waals surface area contributed by atoms with Gasteiger partial charge in [-0.2, -0.15) is 0 Å². The molecule has 23 heavy (non-hydrogen) atoms. The molecular weight excluding hydrogens is 310 g/mol. The average Bonchev–Trinajstić information content (AvgIpc) is 2.98. The van der Waals surface area contributed by atoms with Crippen molar-refractivity contribution in [3.05, 3.63) is 36.0 Å². The Morgan fingerprint density at radius 2 is 2.17 bits per heavy atom. The van der Waals surface area contributed by atoms with Gasteiger partial charge in [0.2, 0.25) is 5.91 Å². The summed E-state index contributed by atoms with van der Waals surface area (Å²) in [6, 6.07) is 10.2. The summed E-state index contributed by atoms with van der Waals surface area (Å²) in [7, 11) is 0. The van der Waals surface area contributed by atoms with Crippen molar-refractivity contribution in [3.8, 4) is 0 Å². The lowest BCUT2D eigenvalue weighted by Gasteiger charge is -2.36. The molecule has 0 aliphatic carbocycles. The minimum atomic E-state index is -0.366. The SMILES string of the molecule is CCCC(N)C(=O)N1CCCCC1c1cc2ccccc2[nH]1.Cl. The third-order valence-corrected chi connectivity index (χ3v) is 4.61. The molecule has 1 aromatic carbocycles. The molecule has 2 aromatic rings. The van der Waals surface area contributed by atoms with Crippen molar-refractivity contribution in [2.45, 2.75) is 51.1 Å². The van der Waals surface area contributed by atoms with Crippen LogP contribution in [0.5, 0.6) is 0 Å². The summed E-state index contributed by atoms with van der Waals surface area (Å²) in [6.45, 7) is 2.88. The average molecular weight is 336 g/mol. The molecular formula is C18H26ClN3O. The molecule has 1 aliphatic heterocycles. The molecule has 2 heterocycles. The molecule has 5 heteroatoms. The van der Waals surface area contributed by atoms with Crippen LogP contribution in [0.3, 0.4) is 0 Å². The Labute approximate surface area is 143 Å². The summed E-state index contributed by atoms with van der Waals surface area (Å²) in [6.07, 6.45) is 4.94. The van der Waals surface area contributed by atoms with E-state index in [0.717, 1.165) is 49.9 Å². The number of benzene rings is 1. The number of fused-ring (bicyclic) bond motifs is 1. The van der Waals surface area contributed by atoms with Crippen molar-refractivity contribution >= 4 is 29.2 Å². The van der Waals surface area contributed by atoms with E-state index in [9.17, 15) is 4.79 Å². The van der Waals surface area contributed by atoms with Crippen LogP contribution in [0.4, 0.5) is 0 Å². The number of carbonyl (C=O) groups excluding carboxylic acids is 1. The van der Waals surface area contributed by atoms with Crippen molar-refractivity contribution in [1.82, 2.24) is 9.88 Å². The zero-order chi connectivity index (χ0) is 15.5. The summed E-state index contributed by atoms with van der Waals surface area (Å²) in [5, 5.41) is 1.20. The number of halogens is 1. The van der Waals surface area contributed by atoms with Crippen molar-refractivity contribution in [2.24, 2.45) is 5.73 Å². The Balaban J connectivity index is 0.00000192. The Morgan fingerprint density at radius 1 is 1.39 bits per heavy atom. The van der Waals surface area contributed by atoms with E-state index in [4.69, 9.17) is 5.73 Å². The number of para-hydroxylation sites is 1. The lowest BCUT2D eigenvalue weighted by Crippen LogP contribution is -2.47. The van der Waals surface area contributed by atoms with Gasteiger partial charge in [-0.25, -0.2) is 0 Å². The number of aromatic amines is 1. The second-order valence-corrected chi connectivity index (χ2v) is 6.25. The smallest absolute Gasteiger partial charge is 0.240 e. The largest absolute Gasteiger partial charge is 0.357 e. The highest BCUT2D eigenvalue weighted by molar-refractivity contribution is 5.85. The highest BCUT2D eigenvalue weighted by Gasteiger charge is 2.31. The number of rotatable bonds is 4. The second-order valence-electron chi connectivity index (χ2n) is 6.25. The van der Waals surface area contributed by atoms with E-state index in [1.54, 1.807) is 0 Å². The quantitative estimate of drug-likeness (QED) is 0.893. The number of likely N-dealkylation sites (tertiary alicyclic amines) is 1. The van der Waals surface area contributed by atoms with Crippen molar-refractivity contribution in [1.29, 1.82) is 0 Å². The van der Waals surface area contributed by atoms with Crippen LogP contribution in [-0.2, 0) is 4.79 Å². The summed E-state index contributed by atoms with van der Waals surface area (Å²) >= 11 is 0. The van der Waals surface area contributed by atoms with Gasteiger partial charge in [0.1, 0.15) is 0 Å². The number of amides is 1. The van der Waals surface area contributed by atoms with Crippen LogP contribution >= 0.6 is 12.4 Å². The summed E-state index contributed by atoms with van der Waals surface area (Å²) in [5.74, 6) is 0.102. The minimum absolute atomic E-state index is 0. The zero-order valence-electron chi connectivity index (χ0n) is 13.6. The van der Waals surface area contributed by atoms with Crippen LogP contribution in [0.25, 0.3) is 10.9 Å². The fourth-order valence-electron chi connectivity index (χ4n) is 3.44. The van der Waals surface area contributed by atoms with E-state index in [1.165, 1.54) is 5.39 Å². The Hall–Kier alpha value is -1.52. The monoisotopic (exact) mass is 335 g/mol. The molecule has 0 bridgehead atoms. The van der Waals surface area contributed by atoms with Crippen LogP contribution in [0, 0.1) is 0 Å². The molecule has 4 nitrogen and oxygen atoms in total. The Kier molecular flexibility index (Phi) is 6.08. The molecule has 0 saturated carbocycles. The van der Waals surface area contributed by atoms with Gasteiger partial charge in [0.15, 0.2) is 0 Å². The first kappa shape index (κ1) is 17.8. The van der Waals surface area contributed by atoms with Crippen LogP contribution in [0.15, 0.2) is 30.3 Å². The zero-order valence-corrected chi connectivity index (χ0v) is 14.4. The fraction of sp³-hybridized carbons (Fsp3) is 0.500. The highest BCUT2D eigenvalue weighted by atomic mass is 35.5. The van der Waals surface area contributed by atoms with E-state index in [-0.39, 0.29) is 30.4 Å². The molecule has 3 rings (SSSR count). The Morgan fingerprint density at radius 3 is 2.91 bits per heavy atom. The van der Waals surface area contributed by atoms with Gasteiger partial charge >= 0.3 is 0 Å². The molecule has 1 saturated heterocycles. The second kappa shape index (κ2) is 7.84. The van der Waals surface area contributed by atoms with Gasteiger partial charge < -0.3 is 15.6 Å². The number of piperidine rings is 1. The Bertz CT molecular complexity index is 622. The van der Waals surface area contributed by atoms with Gasteiger partial charge in [-0.15, -0.1) is 12.4 Å². The number of carbonyl (C=O) groups is 1. The first-order chi connectivity index (χ1) is 10.7. The molecule has 1 aromatic heterocycles. The van der Waals surface area contributed by atoms with E-state index in [0.29, 0.717) is 0 Å². The predicted octanol–water partition coefficient (Wildman–Crippen LogP) is 3.77. The normalized spacial score (nSPS) is 19.4. The van der Waals surface area contributed by atoms with Gasteiger partial charge in [0.25, 0.3) is 0 Å². The number of aromatic nitrogens is 1. The number of nitrogens with one attached hydrogen (secondary N) is 1. The number of hydrogen-bond acceptors (Lipinski definition) is 2. The molecule has 3 N–H and O–H groups in total. The lowest BCUT2D eigenvalue weighted by molar-refractivity contribution is -0.136. The maximum Gasteiger partial charge on any atom is 0.240 e. The summed E-state index contributed by atoms with van der Waals surface area (Å²) < 4.78 is 0. The number of nitrogens with zero attached hydrogens (tertiary/aromatic N) is 1. The van der Waals surface area contributed by atoms with E-state index >= 15 is 0 Å². The number of H-pyrrole nitrogens is 1. The van der Waals surface area contributed by atoms with Gasteiger partial charge in [-0.1, -0.05) is 31.5 Å². The number of hydrogen-bond donors (Lipinski definition) is 2. The maximum atomic E-state index is 12.7. The first-order valence-electron chi connectivity index (χ1n) is 8.34. The standard InChI is InChI=1S/C18H25N3O.ClH/c1-2-7-14(19)18(22)21-11-6-5-10-17(21)16-12-13-8-3-4-9-15(13)20-16;/h3-4,8-9,12,14,17,20H,2,5-7,10-11,19H2,1H3;1H. The summed E-state index contributed by atoms with van der Waals surface area (Å²) in [4.78, 5) is 18.2. The van der Waals surface area contributed by atoms with Crippen molar-refractivity contribution in [3.63, 3.8) is 0 Å². The van der Waals surface area contributed by atoms with Crippen LogP contribution in [0.2, 0.25) is 0 Å². The van der Waals surface area contributed by atoms with E-state index < -0.39 is 0 Å². The maximum absolute atomic E-state index is 12.7. The van der Waals surface area contributed by atoms with Crippen molar-refractivity contribution in [2.75, 3.05) is 6.54 Å². The van der Waals surface area contributed by atoms with Crippen molar-refractivity contribution < 1.29 is 4.79 Å². The lowest BCUT2D eigenvalue weighted by atomic mass is 9.97. The van der Waals surface area contributed by atoms with Gasteiger partial charge in [-0.3, -0.25) is 4.79 Å². The van der Waals surface area contributed by atoms with Crippen LogP contribution in [-0.4, -0.2) is 28.4 Å². The first-order valence-corrected chi connectivity index (χ1v) is 8.34. The number of nitrogens with two attached hydrogens (primary N) is 1. The molecule has 1 aliphatic rings. The van der Waals surface area contributed by atoms with Crippen LogP contribution < -0.4 is 5.73 Å². The van der Waals surface area contributed by atoms with Crippen LogP contribution in [0.1, 0.15) is 50.8 Å². The predicted molar refractivity (Wildman–Crippen MR) is 96.7 cm³/mol. The summed E-state index contributed by atoms with van der Waals surface area (Å²) in [5.41, 5.74) is 8.34. The molecule has 126 valence electrons. The molecule has 0 spiro atoms. The van der Waals surface area contributed by atoms with Gasteiger partial charge in [0, 0.05) is 17.8 Å². The topological polar surface area (TPSA) is 62.1 Å². The molecule has 2 atom stereocenters. The fourth-order valence-corrected chi connectivity index (χ4v) is 3.44. The van der Waals surface area contributed by atoms with E-state index in [1.807, 2.05) is 17.0 Å². The molecule has 0 radical (unpaired) electrons. The van der Waals surface area contributed by atoms with Gasteiger partial charge in [0.05, 0.1) is 12.1 Å². The molecule has 1 fully saturated rings. The third kappa shape index (κ3) is 3.70. The van der Waals surface area contributed by atoms with E-state index in [2.05, 4.69) is 30.1 Å². The van der Waals surface area contributed by atoms with Gasteiger partial charge in [-0.05, 0) is 43.2 Å². The minimum Gasteiger partial charge on any atom is -0.357 e. The molecule has 1 amide bonds. The molecule has 2 unspecified atom stereocenters. The highest BCUT2D eigenvalue weighted by Crippen LogP contribution is 2.32.